The highest BCUT2D eigenvalue weighted by Gasteiger charge is 2.31. The number of aryl methyl sites for hydroxylation is 1. The molecule has 6 rings (SSSR count). The second kappa shape index (κ2) is 12.6. The van der Waals surface area contributed by atoms with Crippen molar-refractivity contribution in [3.8, 4) is 23.0 Å². The zero-order chi connectivity index (χ0) is 30.8. The summed E-state index contributed by atoms with van der Waals surface area (Å²) in [5.41, 5.74) is 3.31. The molecule has 5 heterocycles. The molecular weight excluding hydrogens is 602 g/mol. The van der Waals surface area contributed by atoms with Gasteiger partial charge in [0.2, 0.25) is 5.95 Å². The summed E-state index contributed by atoms with van der Waals surface area (Å²) >= 11 is 6.71. The van der Waals surface area contributed by atoms with E-state index in [0.717, 1.165) is 44.0 Å². The average molecular weight is 636 g/mol. The lowest BCUT2D eigenvalue weighted by molar-refractivity contribution is 0.148. The van der Waals surface area contributed by atoms with Gasteiger partial charge in [0.1, 0.15) is 6.07 Å². The molecular formula is C29H34ClN11O2S. The standard InChI is InChI=1S/C29H34ClN11O2S/c1-37-9-11-39(12-10-37)17-21-3-4-26(25(30)13-21)41-18-23(16-34-41)28-22(14-31)15-32-29(36-28)35-24-5-7-40(8-6-24)44(42,43)27-19-38(2)20-33-27/h3-4,13,15-16,18-20,24H,5-12,17H2,1-2H3,(H,32,35,36). The van der Waals surface area contributed by atoms with Gasteiger partial charge in [-0.3, -0.25) is 4.90 Å². The van der Waals surface area contributed by atoms with Gasteiger partial charge in [0.15, 0.2) is 5.03 Å². The van der Waals surface area contributed by atoms with E-state index in [1.54, 1.807) is 28.7 Å². The summed E-state index contributed by atoms with van der Waals surface area (Å²) in [6.45, 7) is 5.72. The molecule has 2 saturated heterocycles. The largest absolute Gasteiger partial charge is 0.351 e. The molecule has 0 radical (unpaired) electrons. The minimum Gasteiger partial charge on any atom is -0.351 e. The van der Waals surface area contributed by atoms with Gasteiger partial charge in [0.05, 0.1) is 40.7 Å². The Balaban J connectivity index is 1.13. The molecule has 0 spiro atoms. The molecule has 0 bridgehead atoms. The van der Waals surface area contributed by atoms with Crippen LogP contribution >= 0.6 is 11.6 Å². The number of piperidine rings is 1. The van der Waals surface area contributed by atoms with E-state index in [-0.39, 0.29) is 11.1 Å². The SMILES string of the molecule is CN1CCN(Cc2ccc(-n3cc(-c4nc(NC5CCN(S(=O)(=O)c6cn(C)cn6)CC5)ncc4C#N)cn3)c(Cl)c2)CC1. The van der Waals surface area contributed by atoms with Crippen LogP contribution in [0, 0.1) is 11.3 Å². The van der Waals surface area contributed by atoms with Crippen molar-refractivity contribution in [3.63, 3.8) is 0 Å². The monoisotopic (exact) mass is 635 g/mol. The molecule has 2 fully saturated rings. The van der Waals surface area contributed by atoms with Crippen LogP contribution in [-0.4, -0.2) is 104 Å². The molecule has 230 valence electrons. The third kappa shape index (κ3) is 6.47. The first-order valence-corrected chi connectivity index (χ1v) is 16.3. The summed E-state index contributed by atoms with van der Waals surface area (Å²) in [6, 6.07) is 8.15. The van der Waals surface area contributed by atoms with Gasteiger partial charge in [0, 0.05) is 76.9 Å². The van der Waals surface area contributed by atoms with E-state index < -0.39 is 10.0 Å². The number of imidazole rings is 1. The zero-order valence-electron chi connectivity index (χ0n) is 24.6. The molecule has 15 heteroatoms. The maximum atomic E-state index is 12.9. The molecule has 13 nitrogen and oxygen atoms in total. The number of aromatic nitrogens is 6. The van der Waals surface area contributed by atoms with E-state index in [9.17, 15) is 13.7 Å². The second-order valence-corrected chi connectivity index (χ2v) is 13.6. The Kier molecular flexibility index (Phi) is 8.66. The Bertz CT molecular complexity index is 1780. The molecule has 2 aliphatic rings. The summed E-state index contributed by atoms with van der Waals surface area (Å²) in [5, 5.41) is 18.2. The van der Waals surface area contributed by atoms with E-state index in [1.807, 2.05) is 12.1 Å². The van der Waals surface area contributed by atoms with E-state index in [1.165, 1.54) is 23.0 Å². The molecule has 44 heavy (non-hydrogen) atoms. The van der Waals surface area contributed by atoms with E-state index in [2.05, 4.69) is 54.4 Å². The molecule has 0 saturated carbocycles. The maximum Gasteiger partial charge on any atom is 0.262 e. The van der Waals surface area contributed by atoms with E-state index >= 15 is 0 Å². The van der Waals surface area contributed by atoms with Gasteiger partial charge >= 0.3 is 0 Å². The van der Waals surface area contributed by atoms with Crippen LogP contribution in [0.1, 0.15) is 24.0 Å². The van der Waals surface area contributed by atoms with Crippen LogP contribution in [0.25, 0.3) is 16.9 Å². The number of hydrogen-bond acceptors (Lipinski definition) is 10. The number of piperazine rings is 1. The van der Waals surface area contributed by atoms with Gasteiger partial charge < -0.3 is 14.8 Å². The normalized spacial score (nSPS) is 17.5. The first-order valence-electron chi connectivity index (χ1n) is 14.5. The Labute approximate surface area is 261 Å². The van der Waals surface area contributed by atoms with Crippen molar-refractivity contribution in [1.29, 1.82) is 5.26 Å². The fourth-order valence-corrected chi connectivity index (χ4v) is 7.23. The van der Waals surface area contributed by atoms with Crippen molar-refractivity contribution in [2.24, 2.45) is 7.05 Å². The molecule has 0 atom stereocenters. The van der Waals surface area contributed by atoms with Crippen molar-refractivity contribution >= 4 is 27.6 Å². The highest BCUT2D eigenvalue weighted by atomic mass is 35.5. The van der Waals surface area contributed by atoms with Gasteiger partial charge in [-0.15, -0.1) is 0 Å². The lowest BCUT2D eigenvalue weighted by Crippen LogP contribution is -2.43. The van der Waals surface area contributed by atoms with Gasteiger partial charge in [-0.05, 0) is 37.6 Å². The summed E-state index contributed by atoms with van der Waals surface area (Å²) in [7, 11) is 0.242. The highest BCUT2D eigenvalue weighted by molar-refractivity contribution is 7.89. The van der Waals surface area contributed by atoms with E-state index in [0.29, 0.717) is 53.7 Å². The maximum absolute atomic E-state index is 12.9. The Morgan fingerprint density at radius 1 is 1.05 bits per heavy atom. The topological polar surface area (TPSA) is 141 Å². The van der Waals surface area contributed by atoms with Crippen LogP contribution in [0.4, 0.5) is 5.95 Å². The molecule has 1 aromatic carbocycles. The van der Waals surface area contributed by atoms with Gasteiger partial charge in [-0.1, -0.05) is 17.7 Å². The molecule has 0 amide bonds. The van der Waals surface area contributed by atoms with Crippen molar-refractivity contribution in [3.05, 3.63) is 65.5 Å². The van der Waals surface area contributed by atoms with Crippen molar-refractivity contribution in [2.75, 3.05) is 51.6 Å². The highest BCUT2D eigenvalue weighted by Crippen LogP contribution is 2.28. The van der Waals surface area contributed by atoms with Gasteiger partial charge in [-0.2, -0.15) is 14.7 Å². The summed E-state index contributed by atoms with van der Waals surface area (Å²) < 4.78 is 30.6. The lowest BCUT2D eigenvalue weighted by atomic mass is 10.1. The number of anilines is 1. The van der Waals surface area contributed by atoms with Crippen LogP contribution in [0.3, 0.4) is 0 Å². The molecule has 2 aliphatic heterocycles. The summed E-state index contributed by atoms with van der Waals surface area (Å²) in [4.78, 5) is 17.8. The summed E-state index contributed by atoms with van der Waals surface area (Å²) in [6.07, 6.45) is 9.08. The number of nitrogens with one attached hydrogen (secondary N) is 1. The number of nitrogens with zero attached hydrogens (tertiary/aromatic N) is 10. The second-order valence-electron chi connectivity index (χ2n) is 11.3. The Morgan fingerprint density at radius 2 is 1.82 bits per heavy atom. The first-order chi connectivity index (χ1) is 21.2. The Hall–Kier alpha value is -3.87. The smallest absolute Gasteiger partial charge is 0.262 e. The predicted octanol–water partition coefficient (Wildman–Crippen LogP) is 2.60. The fraction of sp³-hybridized carbons (Fsp3) is 0.414. The average Bonchev–Trinajstić information content (AvgIpc) is 3.69. The van der Waals surface area contributed by atoms with Crippen molar-refractivity contribution in [1.82, 2.24) is 43.4 Å². The summed E-state index contributed by atoms with van der Waals surface area (Å²) in [5.74, 6) is 0.365. The van der Waals surface area contributed by atoms with Gasteiger partial charge in [0.25, 0.3) is 10.0 Å². The van der Waals surface area contributed by atoms with Crippen LogP contribution in [-0.2, 0) is 23.6 Å². The number of rotatable bonds is 8. The Morgan fingerprint density at radius 3 is 2.50 bits per heavy atom. The molecule has 3 aromatic heterocycles. The van der Waals surface area contributed by atoms with Crippen LogP contribution in [0.5, 0.6) is 0 Å². The molecule has 1 N–H and O–H groups in total. The van der Waals surface area contributed by atoms with E-state index in [4.69, 9.17) is 11.6 Å². The minimum absolute atomic E-state index is 0.0307. The van der Waals surface area contributed by atoms with Gasteiger partial charge in [-0.25, -0.2) is 28.1 Å². The van der Waals surface area contributed by atoms with Crippen LogP contribution < -0.4 is 5.32 Å². The number of likely N-dealkylation sites (N-methyl/N-ethyl adjacent to an activating group) is 1. The molecule has 0 aliphatic carbocycles. The molecule has 0 unspecified atom stereocenters. The fourth-order valence-electron chi connectivity index (χ4n) is 5.51. The quantitative estimate of drug-likeness (QED) is 0.307. The third-order valence-electron chi connectivity index (χ3n) is 8.10. The van der Waals surface area contributed by atoms with Crippen LogP contribution in [0.2, 0.25) is 5.02 Å². The molecule has 4 aromatic rings. The third-order valence-corrected chi connectivity index (χ3v) is 10.2. The number of halogens is 1. The number of hydrogen-bond donors (Lipinski definition) is 1. The number of nitriles is 1. The predicted molar refractivity (Wildman–Crippen MR) is 166 cm³/mol. The number of sulfonamides is 1. The van der Waals surface area contributed by atoms with Crippen LogP contribution in [0.15, 0.2) is 54.3 Å². The number of benzene rings is 1. The van der Waals surface area contributed by atoms with Crippen molar-refractivity contribution < 1.29 is 8.42 Å². The zero-order valence-corrected chi connectivity index (χ0v) is 26.2. The first kappa shape index (κ1) is 30.2. The van der Waals surface area contributed by atoms with Crippen molar-refractivity contribution in [2.45, 2.75) is 30.5 Å². The minimum atomic E-state index is -3.64. The lowest BCUT2D eigenvalue weighted by Gasteiger charge is -2.32.